The molecule has 2 aromatic rings. The summed E-state index contributed by atoms with van der Waals surface area (Å²) in [6.45, 7) is 4.00. The van der Waals surface area contributed by atoms with E-state index in [1.54, 1.807) is 12.1 Å². The number of carbonyl (C=O) groups excluding carboxylic acids is 1. The number of nitrogens with one attached hydrogen (secondary N) is 1. The van der Waals surface area contributed by atoms with E-state index in [-0.39, 0.29) is 53.8 Å². The average molecular weight is 433 g/mol. The number of non-ortho nitro benzene ring substituents is 1. The lowest BCUT2D eigenvalue weighted by Crippen LogP contribution is -2.48. The van der Waals surface area contributed by atoms with Crippen LogP contribution in [0.4, 0.5) is 11.4 Å². The minimum atomic E-state index is -3.76. The van der Waals surface area contributed by atoms with Crippen LogP contribution < -0.4 is 5.32 Å². The van der Waals surface area contributed by atoms with Gasteiger partial charge in [0.1, 0.15) is 0 Å². The smallest absolute Gasteiger partial charge is 0.271 e. The van der Waals surface area contributed by atoms with E-state index in [1.165, 1.54) is 40.7 Å². The van der Waals surface area contributed by atoms with Crippen LogP contribution in [0.25, 0.3) is 0 Å². The molecule has 1 N–H and O–H groups in total. The van der Waals surface area contributed by atoms with E-state index >= 15 is 0 Å². The van der Waals surface area contributed by atoms with Gasteiger partial charge in [0.25, 0.3) is 5.69 Å². The van der Waals surface area contributed by atoms with Crippen molar-refractivity contribution in [1.29, 1.82) is 0 Å². The molecule has 1 aliphatic rings. The zero-order valence-corrected chi connectivity index (χ0v) is 17.5. The predicted molar refractivity (Wildman–Crippen MR) is 111 cm³/mol. The summed E-state index contributed by atoms with van der Waals surface area (Å²) in [6, 6.07) is 11.7. The van der Waals surface area contributed by atoms with Gasteiger partial charge < -0.3 is 10.1 Å². The molecule has 2 aromatic carbocycles. The molecule has 0 bridgehead atoms. The fourth-order valence-electron chi connectivity index (χ4n) is 3.32. The Hall–Kier alpha value is -2.82. The highest BCUT2D eigenvalue weighted by Crippen LogP contribution is 2.22. The van der Waals surface area contributed by atoms with Gasteiger partial charge in [0.05, 0.1) is 28.6 Å². The second-order valence-corrected chi connectivity index (χ2v) is 9.13. The molecule has 0 aliphatic carbocycles. The van der Waals surface area contributed by atoms with Crippen LogP contribution in [0.15, 0.2) is 53.4 Å². The zero-order valence-electron chi connectivity index (χ0n) is 16.6. The molecule has 1 aliphatic heterocycles. The topological polar surface area (TPSA) is 119 Å². The number of ether oxygens (including phenoxy) is 1. The van der Waals surface area contributed by atoms with Gasteiger partial charge in [0.2, 0.25) is 10.0 Å². The molecule has 160 valence electrons. The van der Waals surface area contributed by atoms with E-state index in [0.29, 0.717) is 5.69 Å². The number of anilines is 1. The van der Waals surface area contributed by atoms with Gasteiger partial charge in [-0.3, -0.25) is 14.9 Å². The molecule has 9 nitrogen and oxygen atoms in total. The van der Waals surface area contributed by atoms with Crippen molar-refractivity contribution in [3.05, 3.63) is 64.2 Å². The maximum Gasteiger partial charge on any atom is 0.271 e. The van der Waals surface area contributed by atoms with Crippen molar-refractivity contribution in [1.82, 2.24) is 4.31 Å². The van der Waals surface area contributed by atoms with Crippen LogP contribution >= 0.6 is 0 Å². The van der Waals surface area contributed by atoms with Crippen molar-refractivity contribution >= 4 is 27.2 Å². The van der Waals surface area contributed by atoms with Crippen LogP contribution in [0.1, 0.15) is 24.2 Å². The van der Waals surface area contributed by atoms with Gasteiger partial charge >= 0.3 is 0 Å². The summed E-state index contributed by atoms with van der Waals surface area (Å²) < 4.78 is 33.0. The van der Waals surface area contributed by atoms with E-state index in [9.17, 15) is 23.3 Å². The van der Waals surface area contributed by atoms with Crippen LogP contribution in [0, 0.1) is 10.1 Å². The Morgan fingerprint density at radius 2 is 1.83 bits per heavy atom. The molecule has 30 heavy (non-hydrogen) atoms. The SMILES string of the molecule is CC1CN(S(=O)(=O)c2cccc(C(=O)CNc3cccc([N+](=O)[O-])c3)c2)CC(C)O1. The Morgan fingerprint density at radius 1 is 1.17 bits per heavy atom. The first-order chi connectivity index (χ1) is 14.2. The first-order valence-electron chi connectivity index (χ1n) is 9.44. The number of nitro benzene ring substituents is 1. The van der Waals surface area contributed by atoms with Gasteiger partial charge in [0, 0.05) is 36.5 Å². The van der Waals surface area contributed by atoms with E-state index in [0.717, 1.165) is 0 Å². The number of morpholine rings is 1. The van der Waals surface area contributed by atoms with Crippen molar-refractivity contribution < 1.29 is 22.9 Å². The molecule has 10 heteroatoms. The Kier molecular flexibility index (Phi) is 6.49. The number of hydrogen-bond donors (Lipinski definition) is 1. The Labute approximate surface area is 174 Å². The van der Waals surface area contributed by atoms with Gasteiger partial charge in [0.15, 0.2) is 5.78 Å². The second-order valence-electron chi connectivity index (χ2n) is 7.19. The molecule has 0 radical (unpaired) electrons. The van der Waals surface area contributed by atoms with E-state index in [1.807, 2.05) is 13.8 Å². The molecular formula is C20H23N3O6S. The van der Waals surface area contributed by atoms with Crippen molar-refractivity contribution in [2.45, 2.75) is 31.0 Å². The molecule has 2 atom stereocenters. The van der Waals surface area contributed by atoms with E-state index < -0.39 is 14.9 Å². The summed E-state index contributed by atoms with van der Waals surface area (Å²) in [4.78, 5) is 23.0. The minimum Gasteiger partial charge on any atom is -0.377 e. The van der Waals surface area contributed by atoms with Crippen molar-refractivity contribution in [2.24, 2.45) is 0 Å². The highest BCUT2D eigenvalue weighted by atomic mass is 32.2. The standard InChI is InChI=1S/C20H23N3O6S/c1-14-12-22(13-15(2)29-14)30(27,28)19-8-3-5-16(9-19)20(24)11-21-17-6-4-7-18(10-17)23(25)26/h3-10,14-15,21H,11-13H2,1-2H3. The largest absolute Gasteiger partial charge is 0.377 e. The molecule has 0 aromatic heterocycles. The number of ketones is 1. The fourth-order valence-corrected chi connectivity index (χ4v) is 4.96. The lowest BCUT2D eigenvalue weighted by molar-refractivity contribution is -0.384. The lowest BCUT2D eigenvalue weighted by Gasteiger charge is -2.34. The van der Waals surface area contributed by atoms with Crippen molar-refractivity contribution in [3.63, 3.8) is 0 Å². The molecule has 0 saturated carbocycles. The monoisotopic (exact) mass is 433 g/mol. The number of hydrogen-bond acceptors (Lipinski definition) is 7. The van der Waals surface area contributed by atoms with E-state index in [2.05, 4.69) is 5.32 Å². The zero-order chi connectivity index (χ0) is 21.9. The Morgan fingerprint density at radius 3 is 2.50 bits per heavy atom. The van der Waals surface area contributed by atoms with Crippen LogP contribution in [0.3, 0.4) is 0 Å². The molecule has 2 unspecified atom stereocenters. The molecular weight excluding hydrogens is 410 g/mol. The van der Waals surface area contributed by atoms with Gasteiger partial charge in [-0.1, -0.05) is 18.2 Å². The van der Waals surface area contributed by atoms with Crippen LogP contribution in [-0.2, 0) is 14.8 Å². The number of Topliss-reactive ketones (excluding diaryl/α,β-unsaturated/α-hetero) is 1. The predicted octanol–water partition coefficient (Wildman–Crippen LogP) is 2.69. The molecule has 1 fully saturated rings. The van der Waals surface area contributed by atoms with Crippen LogP contribution in [-0.4, -0.2) is 55.3 Å². The number of benzene rings is 2. The molecule has 1 saturated heterocycles. The molecule has 0 amide bonds. The third kappa shape index (κ3) is 5.02. The van der Waals surface area contributed by atoms with Gasteiger partial charge in [-0.15, -0.1) is 0 Å². The normalized spacial score (nSPS) is 19.9. The van der Waals surface area contributed by atoms with Crippen LogP contribution in [0.2, 0.25) is 0 Å². The van der Waals surface area contributed by atoms with Gasteiger partial charge in [-0.25, -0.2) is 8.42 Å². The summed E-state index contributed by atoms with van der Waals surface area (Å²) >= 11 is 0. The third-order valence-electron chi connectivity index (χ3n) is 4.69. The fraction of sp³-hybridized carbons (Fsp3) is 0.350. The summed E-state index contributed by atoms with van der Waals surface area (Å²) in [5.74, 6) is -0.331. The van der Waals surface area contributed by atoms with Crippen LogP contribution in [0.5, 0.6) is 0 Å². The number of nitro groups is 1. The van der Waals surface area contributed by atoms with Gasteiger partial charge in [-0.05, 0) is 32.0 Å². The first kappa shape index (κ1) is 21.9. The first-order valence-corrected chi connectivity index (χ1v) is 10.9. The second kappa shape index (κ2) is 8.90. The number of sulfonamides is 1. The minimum absolute atomic E-state index is 0.0463. The summed E-state index contributed by atoms with van der Waals surface area (Å²) in [5.41, 5.74) is 0.579. The Bertz CT molecular complexity index is 1050. The molecule has 3 rings (SSSR count). The highest BCUT2D eigenvalue weighted by Gasteiger charge is 2.32. The van der Waals surface area contributed by atoms with E-state index in [4.69, 9.17) is 4.74 Å². The maximum atomic E-state index is 13.0. The lowest BCUT2D eigenvalue weighted by atomic mass is 10.1. The van der Waals surface area contributed by atoms with Crippen molar-refractivity contribution in [2.75, 3.05) is 25.0 Å². The maximum absolute atomic E-state index is 13.0. The summed E-state index contributed by atoms with van der Waals surface area (Å²) in [7, 11) is -3.76. The quantitative estimate of drug-likeness (QED) is 0.405. The van der Waals surface area contributed by atoms with Crippen molar-refractivity contribution in [3.8, 4) is 0 Å². The number of nitrogens with zero attached hydrogens (tertiary/aromatic N) is 2. The summed E-state index contributed by atoms with van der Waals surface area (Å²) in [5, 5.41) is 13.7. The highest BCUT2D eigenvalue weighted by molar-refractivity contribution is 7.89. The average Bonchev–Trinajstić information content (AvgIpc) is 2.71. The number of rotatable bonds is 7. The third-order valence-corrected chi connectivity index (χ3v) is 6.52. The Balaban J connectivity index is 1.74. The van der Waals surface area contributed by atoms with Gasteiger partial charge in [-0.2, -0.15) is 4.31 Å². The number of carbonyl (C=O) groups is 1. The molecule has 0 spiro atoms. The molecule has 1 heterocycles. The summed E-state index contributed by atoms with van der Waals surface area (Å²) in [6.07, 6.45) is -0.431.